The summed E-state index contributed by atoms with van der Waals surface area (Å²) in [6, 6.07) is 7.36. The smallest absolute Gasteiger partial charge is 0.243 e. The summed E-state index contributed by atoms with van der Waals surface area (Å²) >= 11 is 6.18. The third kappa shape index (κ3) is 3.35. The van der Waals surface area contributed by atoms with Crippen LogP contribution in [0.1, 0.15) is 38.5 Å². The molecule has 4 fully saturated rings. The highest BCUT2D eigenvalue weighted by Crippen LogP contribution is 2.59. The van der Waals surface area contributed by atoms with Gasteiger partial charge in [-0.3, -0.25) is 4.79 Å². The molecule has 2 aromatic rings. The second kappa shape index (κ2) is 6.59. The number of rotatable bonds is 5. The van der Waals surface area contributed by atoms with Crippen molar-refractivity contribution in [3.63, 3.8) is 0 Å². The molecule has 27 heavy (non-hydrogen) atoms. The standard InChI is InChI=1S/C20H24ClN5O/c21-17-4-2-1-3-16(17)19-23-25-26(24-19)11-18(27)22-12-20-8-13-5-14(9-20)7-15(6-13)10-20/h1-4,13-15H,5-12H2,(H,22,27). The van der Waals surface area contributed by atoms with Gasteiger partial charge in [-0.1, -0.05) is 23.7 Å². The molecule has 7 heteroatoms. The van der Waals surface area contributed by atoms with E-state index in [4.69, 9.17) is 11.6 Å². The number of aromatic nitrogens is 4. The van der Waals surface area contributed by atoms with Crippen molar-refractivity contribution >= 4 is 17.5 Å². The van der Waals surface area contributed by atoms with Gasteiger partial charge in [-0.05, 0) is 79.0 Å². The lowest BCUT2D eigenvalue weighted by Crippen LogP contribution is -2.51. The molecule has 1 aromatic heterocycles. The number of halogens is 1. The van der Waals surface area contributed by atoms with Crippen LogP contribution in [-0.4, -0.2) is 32.7 Å². The first-order valence-corrected chi connectivity index (χ1v) is 10.3. The van der Waals surface area contributed by atoms with Crippen LogP contribution in [0.5, 0.6) is 0 Å². The van der Waals surface area contributed by atoms with Gasteiger partial charge in [0.1, 0.15) is 6.54 Å². The minimum absolute atomic E-state index is 0.0474. The van der Waals surface area contributed by atoms with E-state index in [-0.39, 0.29) is 12.5 Å². The Labute approximate surface area is 163 Å². The first-order valence-electron chi connectivity index (χ1n) is 9.88. The van der Waals surface area contributed by atoms with Crippen LogP contribution in [0.15, 0.2) is 24.3 Å². The van der Waals surface area contributed by atoms with Crippen molar-refractivity contribution in [2.75, 3.05) is 6.54 Å². The van der Waals surface area contributed by atoms with Gasteiger partial charge in [0.25, 0.3) is 0 Å². The zero-order chi connectivity index (χ0) is 18.4. The Kier molecular flexibility index (Phi) is 4.19. The van der Waals surface area contributed by atoms with Crippen LogP contribution in [0.25, 0.3) is 11.4 Å². The maximum Gasteiger partial charge on any atom is 0.243 e. The lowest BCUT2D eigenvalue weighted by atomic mass is 9.49. The van der Waals surface area contributed by atoms with Crippen LogP contribution in [0.4, 0.5) is 0 Å². The molecule has 6 nitrogen and oxygen atoms in total. The number of hydrogen-bond donors (Lipinski definition) is 1. The van der Waals surface area contributed by atoms with E-state index in [0.717, 1.165) is 29.9 Å². The molecule has 142 valence electrons. The number of carbonyl (C=O) groups excluding carboxylic acids is 1. The van der Waals surface area contributed by atoms with Gasteiger partial charge in [-0.2, -0.15) is 4.80 Å². The van der Waals surface area contributed by atoms with Crippen LogP contribution in [0, 0.1) is 23.2 Å². The third-order valence-electron chi connectivity index (χ3n) is 6.68. The van der Waals surface area contributed by atoms with Crippen molar-refractivity contribution in [1.29, 1.82) is 0 Å². The summed E-state index contributed by atoms with van der Waals surface area (Å²) in [6.07, 6.45) is 8.12. The molecule has 0 unspecified atom stereocenters. The fourth-order valence-electron chi connectivity index (χ4n) is 6.04. The summed E-state index contributed by atoms with van der Waals surface area (Å²) in [5, 5.41) is 16.1. The Morgan fingerprint density at radius 1 is 1.15 bits per heavy atom. The van der Waals surface area contributed by atoms with E-state index in [1.165, 1.54) is 43.3 Å². The molecular weight excluding hydrogens is 362 g/mol. The first kappa shape index (κ1) is 17.2. The molecule has 0 atom stereocenters. The van der Waals surface area contributed by atoms with E-state index in [1.54, 1.807) is 6.07 Å². The van der Waals surface area contributed by atoms with Gasteiger partial charge in [0, 0.05) is 12.1 Å². The maximum atomic E-state index is 12.5. The van der Waals surface area contributed by atoms with E-state index >= 15 is 0 Å². The highest BCUT2D eigenvalue weighted by Gasteiger charge is 2.50. The number of carbonyl (C=O) groups is 1. The van der Waals surface area contributed by atoms with Gasteiger partial charge < -0.3 is 5.32 Å². The molecule has 6 rings (SSSR count). The molecule has 0 saturated heterocycles. The lowest BCUT2D eigenvalue weighted by molar-refractivity contribution is -0.124. The lowest BCUT2D eigenvalue weighted by Gasteiger charge is -2.56. The predicted molar refractivity (Wildman–Crippen MR) is 102 cm³/mol. The maximum absolute atomic E-state index is 12.5. The fraction of sp³-hybridized carbons (Fsp3) is 0.600. The topological polar surface area (TPSA) is 72.7 Å². The number of nitrogens with one attached hydrogen (secondary N) is 1. The van der Waals surface area contributed by atoms with Crippen molar-refractivity contribution < 1.29 is 4.79 Å². The second-order valence-electron chi connectivity index (χ2n) is 8.82. The summed E-state index contributed by atoms with van der Waals surface area (Å²) in [6.45, 7) is 0.880. The number of nitrogens with zero attached hydrogens (tertiary/aromatic N) is 4. The summed E-state index contributed by atoms with van der Waals surface area (Å²) in [7, 11) is 0. The Morgan fingerprint density at radius 2 is 1.81 bits per heavy atom. The molecular formula is C20H24ClN5O. The van der Waals surface area contributed by atoms with Gasteiger partial charge in [-0.15, -0.1) is 10.2 Å². The molecule has 4 aliphatic rings. The average molecular weight is 386 g/mol. The molecule has 0 spiro atoms. The van der Waals surface area contributed by atoms with E-state index < -0.39 is 0 Å². The predicted octanol–water partition coefficient (Wildman–Crippen LogP) is 3.33. The SMILES string of the molecule is O=C(Cn1nnc(-c2ccccc2Cl)n1)NCC12CC3CC(CC(C3)C1)C2. The minimum Gasteiger partial charge on any atom is -0.354 e. The molecule has 4 bridgehead atoms. The molecule has 4 saturated carbocycles. The molecule has 1 N–H and O–H groups in total. The highest BCUT2D eigenvalue weighted by atomic mass is 35.5. The minimum atomic E-state index is -0.0474. The van der Waals surface area contributed by atoms with Crippen LogP contribution in [-0.2, 0) is 11.3 Å². The Morgan fingerprint density at radius 3 is 2.48 bits per heavy atom. The molecule has 1 aromatic carbocycles. The summed E-state index contributed by atoms with van der Waals surface area (Å²) in [5.74, 6) is 3.07. The quantitative estimate of drug-likeness (QED) is 0.856. The normalized spacial score (nSPS) is 31.2. The monoisotopic (exact) mass is 385 g/mol. The van der Waals surface area contributed by atoms with Crippen molar-refractivity contribution in [1.82, 2.24) is 25.5 Å². The van der Waals surface area contributed by atoms with E-state index in [1.807, 2.05) is 18.2 Å². The number of tetrazole rings is 1. The zero-order valence-electron chi connectivity index (χ0n) is 15.3. The second-order valence-corrected chi connectivity index (χ2v) is 9.22. The van der Waals surface area contributed by atoms with Crippen molar-refractivity contribution in [3.8, 4) is 11.4 Å². The van der Waals surface area contributed by atoms with Crippen LogP contribution >= 0.6 is 11.6 Å². The Balaban J connectivity index is 1.20. The molecule has 1 heterocycles. The number of hydrogen-bond acceptors (Lipinski definition) is 4. The average Bonchev–Trinajstić information content (AvgIpc) is 3.07. The van der Waals surface area contributed by atoms with E-state index in [9.17, 15) is 4.79 Å². The Hall–Kier alpha value is -1.95. The summed E-state index contributed by atoms with van der Waals surface area (Å²) in [4.78, 5) is 13.8. The van der Waals surface area contributed by atoms with Gasteiger partial charge in [0.2, 0.25) is 11.7 Å². The number of amides is 1. The largest absolute Gasteiger partial charge is 0.354 e. The third-order valence-corrected chi connectivity index (χ3v) is 7.01. The number of benzene rings is 1. The molecule has 1 amide bonds. The van der Waals surface area contributed by atoms with Crippen LogP contribution < -0.4 is 5.32 Å². The van der Waals surface area contributed by atoms with Crippen LogP contribution in [0.2, 0.25) is 5.02 Å². The van der Waals surface area contributed by atoms with Gasteiger partial charge in [-0.25, -0.2) is 0 Å². The van der Waals surface area contributed by atoms with E-state index in [2.05, 4.69) is 20.7 Å². The van der Waals surface area contributed by atoms with Crippen molar-refractivity contribution in [2.24, 2.45) is 23.2 Å². The van der Waals surface area contributed by atoms with Gasteiger partial charge >= 0.3 is 0 Å². The molecule has 0 radical (unpaired) electrons. The highest BCUT2D eigenvalue weighted by molar-refractivity contribution is 6.33. The van der Waals surface area contributed by atoms with Crippen molar-refractivity contribution in [3.05, 3.63) is 29.3 Å². The fourth-order valence-corrected chi connectivity index (χ4v) is 6.26. The van der Waals surface area contributed by atoms with Gasteiger partial charge in [0.05, 0.1) is 5.02 Å². The zero-order valence-corrected chi connectivity index (χ0v) is 16.0. The van der Waals surface area contributed by atoms with Crippen LogP contribution in [0.3, 0.4) is 0 Å². The summed E-state index contributed by atoms with van der Waals surface area (Å²) < 4.78 is 0. The van der Waals surface area contributed by atoms with E-state index in [0.29, 0.717) is 16.3 Å². The summed E-state index contributed by atoms with van der Waals surface area (Å²) in [5.41, 5.74) is 1.06. The van der Waals surface area contributed by atoms with Crippen molar-refractivity contribution in [2.45, 2.75) is 45.1 Å². The Bertz CT molecular complexity index is 828. The first-order chi connectivity index (χ1) is 13.1. The molecule has 4 aliphatic carbocycles. The molecule has 0 aliphatic heterocycles. The van der Waals surface area contributed by atoms with Gasteiger partial charge in [0.15, 0.2) is 0 Å².